The summed E-state index contributed by atoms with van der Waals surface area (Å²) in [5, 5.41) is 8.76. The topological polar surface area (TPSA) is 50.5 Å². The lowest BCUT2D eigenvalue weighted by atomic mass is 9.96. The van der Waals surface area contributed by atoms with E-state index >= 15 is 0 Å². The number of hydrogen-bond donors (Lipinski definition) is 0. The summed E-state index contributed by atoms with van der Waals surface area (Å²) >= 11 is 12.0. The first-order chi connectivity index (χ1) is 13.7. The molecular weight excluding hydrogens is 428 g/mol. The molecule has 29 heavy (non-hydrogen) atoms. The van der Waals surface area contributed by atoms with Crippen molar-refractivity contribution in [1.29, 1.82) is 0 Å². The second-order valence-electron chi connectivity index (χ2n) is 6.92. The molecule has 1 aliphatic rings. The van der Waals surface area contributed by atoms with Gasteiger partial charge in [0.25, 0.3) is 5.91 Å². The lowest BCUT2D eigenvalue weighted by Gasteiger charge is -2.32. The Bertz CT molecular complexity index is 1080. The van der Waals surface area contributed by atoms with Crippen molar-refractivity contribution in [2.45, 2.75) is 24.9 Å². The van der Waals surface area contributed by atoms with Crippen LogP contribution in [0.3, 0.4) is 0 Å². The van der Waals surface area contributed by atoms with Crippen molar-refractivity contribution >= 4 is 34.8 Å². The first-order valence-electron chi connectivity index (χ1n) is 8.90. The summed E-state index contributed by atoms with van der Waals surface area (Å²) in [5.41, 5.74) is -0.109. The Morgan fingerprint density at radius 1 is 1.14 bits per heavy atom. The fraction of sp³-hybridized carbons (Fsp3) is 0.316. The Balaban J connectivity index is 1.62. The van der Waals surface area contributed by atoms with Crippen LogP contribution in [0.5, 0.6) is 0 Å². The molecule has 1 amide bonds. The third-order valence-electron chi connectivity index (χ3n) is 4.99. The summed E-state index contributed by atoms with van der Waals surface area (Å²) in [7, 11) is 0. The van der Waals surface area contributed by atoms with Gasteiger partial charge in [-0.2, -0.15) is 13.2 Å². The highest BCUT2D eigenvalue weighted by molar-refractivity contribution is 6.36. The van der Waals surface area contributed by atoms with E-state index in [1.165, 1.54) is 16.5 Å². The number of benzene rings is 1. The zero-order valence-electron chi connectivity index (χ0n) is 15.0. The number of nitrogens with zero attached hydrogens (tertiary/aromatic N) is 4. The van der Waals surface area contributed by atoms with Gasteiger partial charge in [-0.3, -0.25) is 9.20 Å². The minimum atomic E-state index is -4.46. The molecule has 10 heteroatoms. The summed E-state index contributed by atoms with van der Waals surface area (Å²) in [6, 6.07) is 6.93. The van der Waals surface area contributed by atoms with Crippen molar-refractivity contribution in [3.8, 4) is 0 Å². The van der Waals surface area contributed by atoms with Gasteiger partial charge in [0.15, 0.2) is 5.65 Å². The van der Waals surface area contributed by atoms with Gasteiger partial charge in [0.1, 0.15) is 5.82 Å². The first kappa shape index (κ1) is 20.0. The van der Waals surface area contributed by atoms with Crippen LogP contribution in [0.1, 0.15) is 40.5 Å². The molecule has 1 aromatic carbocycles. The molecule has 0 aliphatic carbocycles. The van der Waals surface area contributed by atoms with E-state index in [1.54, 1.807) is 17.0 Å². The number of aromatic nitrogens is 3. The van der Waals surface area contributed by atoms with Crippen molar-refractivity contribution in [3.63, 3.8) is 0 Å². The maximum Gasteiger partial charge on any atom is 0.417 e. The van der Waals surface area contributed by atoms with Crippen molar-refractivity contribution < 1.29 is 18.0 Å². The van der Waals surface area contributed by atoms with Crippen LogP contribution in [-0.2, 0) is 6.18 Å². The van der Waals surface area contributed by atoms with Gasteiger partial charge < -0.3 is 4.90 Å². The smallest absolute Gasteiger partial charge is 0.338 e. The molecular formula is C19H15Cl2F3N4O. The third kappa shape index (κ3) is 3.91. The highest BCUT2D eigenvalue weighted by Crippen LogP contribution is 2.32. The maximum atomic E-state index is 13.1. The largest absolute Gasteiger partial charge is 0.417 e. The summed E-state index contributed by atoms with van der Waals surface area (Å²) < 4.78 is 40.6. The molecule has 152 valence electrons. The van der Waals surface area contributed by atoms with E-state index in [1.807, 2.05) is 0 Å². The van der Waals surface area contributed by atoms with E-state index in [0.717, 1.165) is 12.3 Å². The van der Waals surface area contributed by atoms with E-state index in [4.69, 9.17) is 23.2 Å². The third-order valence-corrected chi connectivity index (χ3v) is 5.54. The Morgan fingerprint density at radius 3 is 2.66 bits per heavy atom. The minimum absolute atomic E-state index is 0.239. The average molecular weight is 443 g/mol. The molecule has 1 unspecified atom stereocenters. The molecule has 1 saturated heterocycles. The molecule has 3 heterocycles. The molecule has 0 saturated carbocycles. The number of hydrogen-bond acceptors (Lipinski definition) is 3. The molecule has 1 fully saturated rings. The van der Waals surface area contributed by atoms with Gasteiger partial charge in [-0.1, -0.05) is 23.2 Å². The summed E-state index contributed by atoms with van der Waals surface area (Å²) in [6.07, 6.45) is -2.08. The fourth-order valence-electron chi connectivity index (χ4n) is 3.56. The molecule has 5 nitrogen and oxygen atoms in total. The Kier molecular flexibility index (Phi) is 5.16. The highest BCUT2D eigenvalue weighted by Gasteiger charge is 2.33. The molecule has 0 N–H and O–H groups in total. The van der Waals surface area contributed by atoms with Gasteiger partial charge in [-0.15, -0.1) is 10.2 Å². The highest BCUT2D eigenvalue weighted by atomic mass is 35.5. The monoisotopic (exact) mass is 442 g/mol. The number of carbonyl (C=O) groups is 1. The number of likely N-dealkylation sites (tertiary alicyclic amines) is 1. The number of carbonyl (C=O) groups excluding carboxylic acids is 1. The quantitative estimate of drug-likeness (QED) is 0.556. The molecule has 0 spiro atoms. The Labute approximate surface area is 174 Å². The van der Waals surface area contributed by atoms with Crippen molar-refractivity contribution in [2.75, 3.05) is 13.1 Å². The molecule has 2 aromatic heterocycles. The normalized spacial score (nSPS) is 17.7. The number of piperidine rings is 1. The van der Waals surface area contributed by atoms with Gasteiger partial charge in [0, 0.05) is 30.2 Å². The van der Waals surface area contributed by atoms with Crippen LogP contribution in [0.4, 0.5) is 13.2 Å². The lowest BCUT2D eigenvalue weighted by molar-refractivity contribution is -0.137. The lowest BCUT2D eigenvalue weighted by Crippen LogP contribution is -2.39. The van der Waals surface area contributed by atoms with E-state index in [0.29, 0.717) is 48.0 Å². The van der Waals surface area contributed by atoms with Gasteiger partial charge in [0.05, 0.1) is 16.1 Å². The van der Waals surface area contributed by atoms with Crippen molar-refractivity contribution in [1.82, 2.24) is 19.5 Å². The molecule has 1 atom stereocenters. The van der Waals surface area contributed by atoms with Crippen molar-refractivity contribution in [2.24, 2.45) is 0 Å². The zero-order valence-corrected chi connectivity index (χ0v) is 16.5. The molecule has 1 aliphatic heterocycles. The number of rotatable bonds is 2. The second kappa shape index (κ2) is 7.50. The van der Waals surface area contributed by atoms with Gasteiger partial charge in [-0.25, -0.2) is 0 Å². The molecule has 0 bridgehead atoms. The van der Waals surface area contributed by atoms with Crippen molar-refractivity contribution in [3.05, 3.63) is 63.5 Å². The second-order valence-corrected chi connectivity index (χ2v) is 7.76. The summed E-state index contributed by atoms with van der Waals surface area (Å²) in [6.45, 7) is 0.841. The van der Waals surface area contributed by atoms with E-state index in [9.17, 15) is 18.0 Å². The molecule has 3 aromatic rings. The van der Waals surface area contributed by atoms with Crippen LogP contribution in [-0.4, -0.2) is 38.5 Å². The number of alkyl halides is 3. The first-order valence-corrected chi connectivity index (χ1v) is 9.66. The number of pyridine rings is 1. The Hall–Kier alpha value is -2.32. The minimum Gasteiger partial charge on any atom is -0.338 e. The maximum absolute atomic E-state index is 13.1. The average Bonchev–Trinajstić information content (AvgIpc) is 3.10. The van der Waals surface area contributed by atoms with E-state index < -0.39 is 11.7 Å². The van der Waals surface area contributed by atoms with Crippen LogP contribution in [0, 0.1) is 0 Å². The van der Waals surface area contributed by atoms with Crippen LogP contribution in [0.15, 0.2) is 36.5 Å². The SMILES string of the molecule is O=C(c1ccc(Cl)cc1Cl)N1CCCC(c2nnc3ccc(C(F)(F)F)cn23)C1. The van der Waals surface area contributed by atoms with Gasteiger partial charge in [-0.05, 0) is 43.2 Å². The Morgan fingerprint density at radius 2 is 1.93 bits per heavy atom. The molecule has 0 radical (unpaired) electrons. The fourth-order valence-corrected chi connectivity index (χ4v) is 4.05. The number of fused-ring (bicyclic) bond motifs is 1. The zero-order chi connectivity index (χ0) is 20.8. The van der Waals surface area contributed by atoms with Gasteiger partial charge >= 0.3 is 6.18 Å². The van der Waals surface area contributed by atoms with E-state index in [-0.39, 0.29) is 16.8 Å². The summed E-state index contributed by atoms with van der Waals surface area (Å²) in [5.74, 6) is -0.0794. The predicted octanol–water partition coefficient (Wildman–Crippen LogP) is 5.07. The van der Waals surface area contributed by atoms with Crippen LogP contribution < -0.4 is 0 Å². The van der Waals surface area contributed by atoms with Crippen LogP contribution in [0.25, 0.3) is 5.65 Å². The van der Waals surface area contributed by atoms with Crippen LogP contribution in [0.2, 0.25) is 10.0 Å². The van der Waals surface area contributed by atoms with Gasteiger partial charge in [0.2, 0.25) is 0 Å². The number of halogens is 5. The predicted molar refractivity (Wildman–Crippen MR) is 102 cm³/mol. The standard InChI is InChI=1S/C19H15Cl2F3N4O/c20-13-4-5-14(15(21)8-13)18(29)27-7-1-2-11(9-27)17-26-25-16-6-3-12(10-28(16)17)19(22,23)24/h3-6,8,10-11H,1-2,7,9H2. The van der Waals surface area contributed by atoms with E-state index in [2.05, 4.69) is 10.2 Å². The summed E-state index contributed by atoms with van der Waals surface area (Å²) in [4.78, 5) is 14.5. The molecule has 4 rings (SSSR count). The van der Waals surface area contributed by atoms with Crippen LogP contribution >= 0.6 is 23.2 Å². The number of amides is 1.